The monoisotopic (exact) mass is 358 g/mol. The summed E-state index contributed by atoms with van der Waals surface area (Å²) in [5, 5.41) is -0.412. The lowest BCUT2D eigenvalue weighted by Crippen LogP contribution is -1.94. The highest BCUT2D eigenvalue weighted by molar-refractivity contribution is 14.1. The van der Waals surface area contributed by atoms with E-state index in [4.69, 9.17) is 11.6 Å². The Balaban J connectivity index is 3.33. The van der Waals surface area contributed by atoms with Gasteiger partial charge in [-0.25, -0.2) is 0 Å². The molecule has 0 amide bonds. The van der Waals surface area contributed by atoms with Gasteiger partial charge < -0.3 is 0 Å². The molecule has 1 nitrogen and oxygen atoms in total. The summed E-state index contributed by atoms with van der Waals surface area (Å²) in [5.74, 6) is 0. The van der Waals surface area contributed by atoms with Gasteiger partial charge in [-0.3, -0.25) is 4.79 Å². The minimum atomic E-state index is -0.412. The minimum Gasteiger partial charge on any atom is -0.276 e. The standard InChI is InChI=1S/C8H5BrClIO/c1-4-2-7(11)6(9)3-5(4)8(10)12/h2-3H,1H3. The Morgan fingerprint density at radius 2 is 2.17 bits per heavy atom. The van der Waals surface area contributed by atoms with Crippen molar-refractivity contribution in [3.63, 3.8) is 0 Å². The molecule has 0 aliphatic heterocycles. The maximum atomic E-state index is 10.9. The Bertz CT molecular complexity index is 338. The first-order valence-electron chi connectivity index (χ1n) is 3.18. The lowest BCUT2D eigenvalue weighted by Gasteiger charge is -2.02. The van der Waals surface area contributed by atoms with Crippen LogP contribution in [0.15, 0.2) is 16.6 Å². The largest absolute Gasteiger partial charge is 0.276 e. The number of hydrogen-bond donors (Lipinski definition) is 0. The quantitative estimate of drug-likeness (QED) is 0.551. The molecule has 0 aliphatic rings. The van der Waals surface area contributed by atoms with E-state index in [1.807, 2.05) is 13.0 Å². The van der Waals surface area contributed by atoms with Crippen LogP contribution < -0.4 is 0 Å². The first-order chi connectivity index (χ1) is 5.52. The zero-order valence-electron chi connectivity index (χ0n) is 6.20. The Morgan fingerprint density at radius 3 is 2.67 bits per heavy atom. The number of benzene rings is 1. The number of aryl methyl sites for hydroxylation is 1. The summed E-state index contributed by atoms with van der Waals surface area (Å²) >= 11 is 10.9. The van der Waals surface area contributed by atoms with Crippen molar-refractivity contribution >= 4 is 55.4 Å². The lowest BCUT2D eigenvalue weighted by molar-refractivity contribution is 0.108. The molecule has 0 saturated carbocycles. The normalized spacial score (nSPS) is 10.0. The van der Waals surface area contributed by atoms with Gasteiger partial charge in [0.25, 0.3) is 5.24 Å². The van der Waals surface area contributed by atoms with Gasteiger partial charge in [0.05, 0.1) is 0 Å². The predicted molar refractivity (Wildman–Crippen MR) is 61.8 cm³/mol. The fourth-order valence-corrected chi connectivity index (χ4v) is 2.03. The lowest BCUT2D eigenvalue weighted by atomic mass is 10.1. The number of rotatable bonds is 1. The van der Waals surface area contributed by atoms with Gasteiger partial charge in [0.1, 0.15) is 0 Å². The van der Waals surface area contributed by atoms with Crippen LogP contribution in [0.3, 0.4) is 0 Å². The first kappa shape index (κ1) is 10.5. The van der Waals surface area contributed by atoms with Gasteiger partial charge in [-0.05, 0) is 74.7 Å². The summed E-state index contributed by atoms with van der Waals surface area (Å²) in [4.78, 5) is 10.9. The van der Waals surface area contributed by atoms with Crippen molar-refractivity contribution in [2.24, 2.45) is 0 Å². The van der Waals surface area contributed by atoms with E-state index in [0.29, 0.717) is 5.56 Å². The topological polar surface area (TPSA) is 17.1 Å². The summed E-state index contributed by atoms with van der Waals surface area (Å²) in [6, 6.07) is 3.66. The van der Waals surface area contributed by atoms with E-state index in [1.165, 1.54) is 0 Å². The molecule has 0 unspecified atom stereocenters. The van der Waals surface area contributed by atoms with Gasteiger partial charge in [0.15, 0.2) is 0 Å². The van der Waals surface area contributed by atoms with Crippen molar-refractivity contribution in [1.29, 1.82) is 0 Å². The summed E-state index contributed by atoms with van der Waals surface area (Å²) < 4.78 is 1.98. The van der Waals surface area contributed by atoms with Gasteiger partial charge >= 0.3 is 0 Å². The number of carbonyl (C=O) groups excluding carboxylic acids is 1. The third-order valence-corrected chi connectivity index (χ3v) is 3.97. The highest BCUT2D eigenvalue weighted by atomic mass is 127. The highest BCUT2D eigenvalue weighted by Crippen LogP contribution is 2.24. The second-order valence-corrected chi connectivity index (χ2v) is 4.71. The van der Waals surface area contributed by atoms with Gasteiger partial charge in [0.2, 0.25) is 0 Å². The molecular formula is C8H5BrClIO. The average molecular weight is 359 g/mol. The third kappa shape index (κ3) is 2.20. The van der Waals surface area contributed by atoms with Crippen LogP contribution in [0.2, 0.25) is 0 Å². The Labute approximate surface area is 97.8 Å². The van der Waals surface area contributed by atoms with E-state index in [-0.39, 0.29) is 0 Å². The molecule has 0 bridgehead atoms. The summed E-state index contributed by atoms with van der Waals surface area (Å²) in [7, 11) is 0. The second-order valence-electron chi connectivity index (χ2n) is 2.35. The molecule has 0 aromatic heterocycles. The summed E-state index contributed by atoms with van der Waals surface area (Å²) in [6.45, 7) is 1.87. The molecule has 64 valence electrons. The van der Waals surface area contributed by atoms with Crippen LogP contribution in [0.1, 0.15) is 15.9 Å². The minimum absolute atomic E-state index is 0.412. The van der Waals surface area contributed by atoms with Crippen molar-refractivity contribution in [3.05, 3.63) is 31.3 Å². The number of hydrogen-bond acceptors (Lipinski definition) is 1. The van der Waals surface area contributed by atoms with E-state index >= 15 is 0 Å². The molecule has 12 heavy (non-hydrogen) atoms. The summed E-state index contributed by atoms with van der Waals surface area (Å²) in [6.07, 6.45) is 0. The van der Waals surface area contributed by atoms with Crippen molar-refractivity contribution in [1.82, 2.24) is 0 Å². The number of carbonyl (C=O) groups is 1. The van der Waals surface area contributed by atoms with E-state index in [2.05, 4.69) is 38.5 Å². The van der Waals surface area contributed by atoms with Gasteiger partial charge in [-0.1, -0.05) is 0 Å². The average Bonchev–Trinajstić information content (AvgIpc) is 1.96. The van der Waals surface area contributed by atoms with Crippen LogP contribution in [0.4, 0.5) is 0 Å². The van der Waals surface area contributed by atoms with Crippen molar-refractivity contribution in [3.8, 4) is 0 Å². The molecule has 0 saturated heterocycles. The van der Waals surface area contributed by atoms with Crippen LogP contribution in [0.5, 0.6) is 0 Å². The zero-order chi connectivity index (χ0) is 9.30. The first-order valence-corrected chi connectivity index (χ1v) is 5.43. The molecule has 0 N–H and O–H groups in total. The van der Waals surface area contributed by atoms with Gasteiger partial charge in [-0.2, -0.15) is 0 Å². The van der Waals surface area contributed by atoms with Crippen LogP contribution in [-0.4, -0.2) is 5.24 Å². The van der Waals surface area contributed by atoms with Gasteiger partial charge in [0, 0.05) is 13.6 Å². The molecule has 1 aromatic carbocycles. The van der Waals surface area contributed by atoms with E-state index in [1.54, 1.807) is 6.07 Å². The summed E-state index contributed by atoms with van der Waals surface area (Å²) in [5.41, 5.74) is 1.46. The van der Waals surface area contributed by atoms with Crippen molar-refractivity contribution < 1.29 is 4.79 Å². The fourth-order valence-electron chi connectivity index (χ4n) is 0.858. The molecule has 0 fully saturated rings. The SMILES string of the molecule is Cc1cc(I)c(Br)cc1C(=O)Cl. The molecule has 4 heteroatoms. The Hall–Kier alpha value is 0.390. The molecule has 1 aromatic rings. The Kier molecular flexibility index (Phi) is 3.55. The molecule has 0 aliphatic carbocycles. The zero-order valence-corrected chi connectivity index (χ0v) is 10.7. The molecule has 1 rings (SSSR count). The molecule has 0 atom stereocenters. The van der Waals surface area contributed by atoms with Crippen LogP contribution in [0.25, 0.3) is 0 Å². The van der Waals surface area contributed by atoms with E-state index in [9.17, 15) is 4.79 Å². The smallest absolute Gasteiger partial charge is 0.252 e. The highest BCUT2D eigenvalue weighted by Gasteiger charge is 2.08. The predicted octanol–water partition coefficient (Wildman–Crippen LogP) is 3.74. The number of halogens is 3. The van der Waals surface area contributed by atoms with Gasteiger partial charge in [-0.15, -0.1) is 0 Å². The van der Waals surface area contributed by atoms with Crippen LogP contribution in [-0.2, 0) is 0 Å². The van der Waals surface area contributed by atoms with E-state index < -0.39 is 5.24 Å². The van der Waals surface area contributed by atoms with Crippen molar-refractivity contribution in [2.45, 2.75) is 6.92 Å². The Morgan fingerprint density at radius 1 is 1.58 bits per heavy atom. The van der Waals surface area contributed by atoms with Crippen LogP contribution >= 0.6 is 50.1 Å². The fraction of sp³-hybridized carbons (Fsp3) is 0.125. The molecule has 0 spiro atoms. The van der Waals surface area contributed by atoms with Crippen LogP contribution in [0, 0.1) is 10.5 Å². The molecule has 0 radical (unpaired) electrons. The third-order valence-electron chi connectivity index (χ3n) is 1.48. The van der Waals surface area contributed by atoms with E-state index in [0.717, 1.165) is 13.6 Å². The second kappa shape index (κ2) is 4.07. The molecule has 0 heterocycles. The maximum Gasteiger partial charge on any atom is 0.252 e. The molecular weight excluding hydrogens is 354 g/mol. The van der Waals surface area contributed by atoms with Crippen molar-refractivity contribution in [2.75, 3.05) is 0 Å². The maximum absolute atomic E-state index is 10.9.